The van der Waals surface area contributed by atoms with Crippen LogP contribution in [0.4, 0.5) is 0 Å². The van der Waals surface area contributed by atoms with E-state index >= 15 is 0 Å². The summed E-state index contributed by atoms with van der Waals surface area (Å²) in [4.78, 5) is 25.7. The summed E-state index contributed by atoms with van der Waals surface area (Å²) in [6.07, 6.45) is 0.611. The molecule has 0 aromatic heterocycles. The van der Waals surface area contributed by atoms with Gasteiger partial charge in [-0.25, -0.2) is 0 Å². The predicted octanol–water partition coefficient (Wildman–Crippen LogP) is 3.06. The molecular weight excluding hydrogens is 278 g/mol. The predicted molar refractivity (Wildman–Crippen MR) is 83.1 cm³/mol. The summed E-state index contributed by atoms with van der Waals surface area (Å²) in [5.41, 5.74) is 2.12. The van der Waals surface area contributed by atoms with Crippen LogP contribution in [0.2, 0.25) is 0 Å². The van der Waals surface area contributed by atoms with Gasteiger partial charge in [0.2, 0.25) is 0 Å². The van der Waals surface area contributed by atoms with Gasteiger partial charge in [0, 0.05) is 6.54 Å². The van der Waals surface area contributed by atoms with Crippen LogP contribution in [0.25, 0.3) is 0 Å². The number of imide groups is 1. The van der Waals surface area contributed by atoms with Crippen LogP contribution in [0.15, 0.2) is 48.5 Å². The van der Waals surface area contributed by atoms with Crippen molar-refractivity contribution in [2.45, 2.75) is 13.3 Å². The molecule has 0 fully saturated rings. The standard InChI is InChI=1S/C18H17NO3/c1-13-6-4-7-14(12-13)22-11-5-10-19-17(20)15-8-2-3-9-16(15)18(19)21/h2-4,6-9,12H,5,10-11H2,1H3. The van der Waals surface area contributed by atoms with E-state index in [0.717, 1.165) is 11.3 Å². The molecule has 4 heteroatoms. The number of rotatable bonds is 5. The third kappa shape index (κ3) is 2.72. The molecule has 2 aromatic rings. The Labute approximate surface area is 129 Å². The van der Waals surface area contributed by atoms with Gasteiger partial charge in [-0.05, 0) is 43.2 Å². The summed E-state index contributed by atoms with van der Waals surface area (Å²) in [5.74, 6) is 0.384. The number of ether oxygens (including phenoxy) is 1. The third-order valence-corrected chi connectivity index (χ3v) is 3.66. The van der Waals surface area contributed by atoms with Crippen molar-refractivity contribution in [2.24, 2.45) is 0 Å². The summed E-state index contributed by atoms with van der Waals surface area (Å²) >= 11 is 0. The molecule has 4 nitrogen and oxygen atoms in total. The van der Waals surface area contributed by atoms with Crippen molar-refractivity contribution in [3.8, 4) is 5.75 Å². The van der Waals surface area contributed by atoms with Crippen LogP contribution >= 0.6 is 0 Å². The zero-order valence-electron chi connectivity index (χ0n) is 12.4. The second kappa shape index (κ2) is 6.02. The quantitative estimate of drug-likeness (QED) is 0.629. The molecule has 0 saturated heterocycles. The maximum atomic E-state index is 12.2. The first-order chi connectivity index (χ1) is 10.7. The minimum absolute atomic E-state index is 0.212. The summed E-state index contributed by atoms with van der Waals surface area (Å²) in [5, 5.41) is 0. The Kier molecular flexibility index (Phi) is 3.92. The molecule has 2 amide bonds. The van der Waals surface area contributed by atoms with E-state index in [-0.39, 0.29) is 11.8 Å². The summed E-state index contributed by atoms with van der Waals surface area (Å²) in [7, 11) is 0. The fourth-order valence-electron chi connectivity index (χ4n) is 2.56. The zero-order valence-corrected chi connectivity index (χ0v) is 12.4. The highest BCUT2D eigenvalue weighted by atomic mass is 16.5. The first kappa shape index (κ1) is 14.3. The Morgan fingerprint density at radius 2 is 1.64 bits per heavy atom. The number of aryl methyl sites for hydroxylation is 1. The lowest BCUT2D eigenvalue weighted by Crippen LogP contribution is -2.31. The van der Waals surface area contributed by atoms with Crippen molar-refractivity contribution >= 4 is 11.8 Å². The maximum absolute atomic E-state index is 12.2. The molecule has 0 saturated carbocycles. The number of carbonyl (C=O) groups is 2. The molecule has 0 aliphatic carbocycles. The highest BCUT2D eigenvalue weighted by Gasteiger charge is 2.34. The maximum Gasteiger partial charge on any atom is 0.261 e. The van der Waals surface area contributed by atoms with Crippen molar-refractivity contribution in [3.05, 3.63) is 65.2 Å². The summed E-state index contributed by atoms with van der Waals surface area (Å²) in [6, 6.07) is 14.7. The first-order valence-corrected chi connectivity index (χ1v) is 7.31. The van der Waals surface area contributed by atoms with E-state index in [1.807, 2.05) is 31.2 Å². The lowest BCUT2D eigenvalue weighted by molar-refractivity contribution is 0.0647. The van der Waals surface area contributed by atoms with Gasteiger partial charge in [0.05, 0.1) is 17.7 Å². The first-order valence-electron chi connectivity index (χ1n) is 7.31. The molecule has 0 atom stereocenters. The number of amides is 2. The SMILES string of the molecule is Cc1cccc(OCCCN2C(=O)c3ccccc3C2=O)c1. The van der Waals surface area contributed by atoms with Gasteiger partial charge in [0.25, 0.3) is 11.8 Å². The van der Waals surface area contributed by atoms with Crippen LogP contribution < -0.4 is 4.74 Å². The fourth-order valence-corrected chi connectivity index (χ4v) is 2.56. The third-order valence-electron chi connectivity index (χ3n) is 3.66. The fraction of sp³-hybridized carbons (Fsp3) is 0.222. The molecule has 112 valence electrons. The molecule has 1 aliphatic heterocycles. The van der Waals surface area contributed by atoms with Crippen molar-refractivity contribution in [2.75, 3.05) is 13.2 Å². The minimum atomic E-state index is -0.212. The lowest BCUT2D eigenvalue weighted by atomic mass is 10.1. The summed E-state index contributed by atoms with van der Waals surface area (Å²) < 4.78 is 5.64. The largest absolute Gasteiger partial charge is 0.494 e. The molecule has 1 heterocycles. The number of hydrogen-bond acceptors (Lipinski definition) is 3. The van der Waals surface area contributed by atoms with Crippen LogP contribution in [0, 0.1) is 6.92 Å². The van der Waals surface area contributed by atoms with E-state index in [4.69, 9.17) is 4.74 Å². The van der Waals surface area contributed by atoms with Crippen molar-refractivity contribution < 1.29 is 14.3 Å². The number of benzene rings is 2. The Balaban J connectivity index is 1.55. The average Bonchev–Trinajstić information content (AvgIpc) is 2.77. The zero-order chi connectivity index (χ0) is 15.5. The number of nitrogens with zero attached hydrogens (tertiary/aromatic N) is 1. The van der Waals surface area contributed by atoms with Crippen molar-refractivity contribution in [1.29, 1.82) is 0 Å². The molecule has 2 aromatic carbocycles. The highest BCUT2D eigenvalue weighted by molar-refractivity contribution is 6.21. The van der Waals surface area contributed by atoms with Gasteiger partial charge in [0.15, 0.2) is 0 Å². The van der Waals surface area contributed by atoms with E-state index in [1.165, 1.54) is 4.90 Å². The van der Waals surface area contributed by atoms with Gasteiger partial charge in [-0.2, -0.15) is 0 Å². The molecule has 0 bridgehead atoms. The Morgan fingerprint density at radius 1 is 0.955 bits per heavy atom. The highest BCUT2D eigenvalue weighted by Crippen LogP contribution is 2.22. The molecule has 0 unspecified atom stereocenters. The summed E-state index contributed by atoms with van der Waals surface area (Å²) in [6.45, 7) is 2.85. The monoisotopic (exact) mass is 295 g/mol. The normalized spacial score (nSPS) is 13.4. The van der Waals surface area contributed by atoms with Crippen LogP contribution in [0.1, 0.15) is 32.7 Å². The van der Waals surface area contributed by atoms with E-state index < -0.39 is 0 Å². The second-order valence-corrected chi connectivity index (χ2v) is 5.33. The molecular formula is C18H17NO3. The van der Waals surface area contributed by atoms with Gasteiger partial charge in [0.1, 0.15) is 5.75 Å². The molecule has 0 N–H and O–H groups in total. The Morgan fingerprint density at radius 3 is 2.27 bits per heavy atom. The van der Waals surface area contributed by atoms with Crippen LogP contribution in [0.5, 0.6) is 5.75 Å². The van der Waals surface area contributed by atoms with Crippen molar-refractivity contribution in [1.82, 2.24) is 4.90 Å². The number of carbonyl (C=O) groups excluding carboxylic acids is 2. The molecule has 1 aliphatic rings. The Bertz CT molecular complexity index is 689. The molecule has 0 radical (unpaired) electrons. The van der Waals surface area contributed by atoms with Crippen LogP contribution in [0.3, 0.4) is 0 Å². The average molecular weight is 295 g/mol. The van der Waals surface area contributed by atoms with E-state index in [9.17, 15) is 9.59 Å². The van der Waals surface area contributed by atoms with E-state index in [2.05, 4.69) is 0 Å². The number of hydrogen-bond donors (Lipinski definition) is 0. The van der Waals surface area contributed by atoms with Crippen LogP contribution in [-0.4, -0.2) is 29.9 Å². The molecule has 0 spiro atoms. The second-order valence-electron chi connectivity index (χ2n) is 5.33. The topological polar surface area (TPSA) is 46.6 Å². The van der Waals surface area contributed by atoms with Crippen molar-refractivity contribution in [3.63, 3.8) is 0 Å². The molecule has 22 heavy (non-hydrogen) atoms. The van der Waals surface area contributed by atoms with E-state index in [0.29, 0.717) is 30.7 Å². The van der Waals surface area contributed by atoms with E-state index in [1.54, 1.807) is 24.3 Å². The van der Waals surface area contributed by atoms with Gasteiger partial charge < -0.3 is 4.74 Å². The molecule has 3 rings (SSSR count). The van der Waals surface area contributed by atoms with Gasteiger partial charge >= 0.3 is 0 Å². The smallest absolute Gasteiger partial charge is 0.261 e. The van der Waals surface area contributed by atoms with Crippen LogP contribution in [-0.2, 0) is 0 Å². The van der Waals surface area contributed by atoms with Gasteiger partial charge in [-0.15, -0.1) is 0 Å². The van der Waals surface area contributed by atoms with Gasteiger partial charge in [-0.3, -0.25) is 14.5 Å². The van der Waals surface area contributed by atoms with Gasteiger partial charge in [-0.1, -0.05) is 24.3 Å². The number of fused-ring (bicyclic) bond motifs is 1. The minimum Gasteiger partial charge on any atom is -0.494 e. The Hall–Kier alpha value is -2.62. The lowest BCUT2D eigenvalue weighted by Gasteiger charge is -2.14.